The van der Waals surface area contributed by atoms with Crippen LogP contribution in [-0.4, -0.2) is 24.8 Å². The van der Waals surface area contributed by atoms with E-state index in [4.69, 9.17) is 11.6 Å². The summed E-state index contributed by atoms with van der Waals surface area (Å²) in [5, 5.41) is 2.77. The number of likely N-dealkylation sites (N-methyl/N-ethyl adjacent to an activating group) is 1. The van der Waals surface area contributed by atoms with Gasteiger partial charge in [0, 0.05) is 5.88 Å². The Morgan fingerprint density at radius 3 is 2.38 bits per heavy atom. The van der Waals surface area contributed by atoms with Crippen molar-refractivity contribution in [2.45, 2.75) is 13.0 Å². The maximum absolute atomic E-state index is 10.5. The second-order valence-corrected chi connectivity index (χ2v) is 1.91. The summed E-state index contributed by atoms with van der Waals surface area (Å²) in [7, 11) is 1.72. The van der Waals surface area contributed by atoms with Crippen molar-refractivity contribution in [1.29, 1.82) is 0 Å². The predicted molar refractivity (Wildman–Crippen MR) is 34.2 cm³/mol. The minimum atomic E-state index is -0.170. The van der Waals surface area contributed by atoms with Gasteiger partial charge in [-0.05, 0) is 14.0 Å². The van der Waals surface area contributed by atoms with Crippen molar-refractivity contribution in [2.24, 2.45) is 0 Å². The van der Waals surface area contributed by atoms with E-state index in [0.717, 1.165) is 0 Å². The van der Waals surface area contributed by atoms with Crippen LogP contribution in [0.4, 0.5) is 0 Å². The van der Waals surface area contributed by atoms with Gasteiger partial charge in [0.05, 0.1) is 6.04 Å². The Hall–Kier alpha value is -0.0800. The maximum Gasteiger partial charge on any atom is 0.147 e. The maximum atomic E-state index is 10.5. The van der Waals surface area contributed by atoms with E-state index in [1.54, 1.807) is 7.05 Å². The fraction of sp³-hybridized carbons (Fsp3) is 0.800. The SMILES string of the molecule is CNC(CCl)C(C)=O. The number of rotatable bonds is 3. The average molecular weight is 136 g/mol. The molecule has 0 saturated heterocycles. The van der Waals surface area contributed by atoms with Gasteiger partial charge < -0.3 is 5.32 Å². The van der Waals surface area contributed by atoms with Crippen LogP contribution in [0.1, 0.15) is 6.92 Å². The average Bonchev–Trinajstić information content (AvgIpc) is 1.69. The van der Waals surface area contributed by atoms with Gasteiger partial charge in [-0.2, -0.15) is 0 Å². The van der Waals surface area contributed by atoms with E-state index in [0.29, 0.717) is 5.88 Å². The lowest BCUT2D eigenvalue weighted by atomic mass is 10.2. The summed E-state index contributed by atoms with van der Waals surface area (Å²) in [6.07, 6.45) is 0. The molecule has 0 aliphatic carbocycles. The number of hydrogen-bond acceptors (Lipinski definition) is 2. The molecule has 0 amide bonds. The lowest BCUT2D eigenvalue weighted by Gasteiger charge is -2.05. The zero-order valence-corrected chi connectivity index (χ0v) is 5.83. The molecule has 0 bridgehead atoms. The number of hydrogen-bond donors (Lipinski definition) is 1. The highest BCUT2D eigenvalue weighted by molar-refractivity contribution is 6.19. The third-order valence-electron chi connectivity index (χ3n) is 0.993. The monoisotopic (exact) mass is 135 g/mol. The quantitative estimate of drug-likeness (QED) is 0.568. The van der Waals surface area contributed by atoms with E-state index in [1.165, 1.54) is 6.92 Å². The Kier molecular flexibility index (Phi) is 3.83. The highest BCUT2D eigenvalue weighted by Gasteiger charge is 2.07. The fourth-order valence-corrected chi connectivity index (χ4v) is 0.761. The lowest BCUT2D eigenvalue weighted by Crippen LogP contribution is -2.33. The van der Waals surface area contributed by atoms with E-state index in [2.05, 4.69) is 5.32 Å². The third-order valence-corrected chi connectivity index (χ3v) is 1.30. The van der Waals surface area contributed by atoms with Gasteiger partial charge in [0.25, 0.3) is 0 Å². The zero-order valence-electron chi connectivity index (χ0n) is 5.07. The van der Waals surface area contributed by atoms with Crippen molar-refractivity contribution in [1.82, 2.24) is 5.32 Å². The van der Waals surface area contributed by atoms with Crippen LogP contribution in [0.15, 0.2) is 0 Å². The molecule has 1 unspecified atom stereocenters. The van der Waals surface area contributed by atoms with Crippen LogP contribution in [0.5, 0.6) is 0 Å². The van der Waals surface area contributed by atoms with Crippen molar-refractivity contribution in [3.05, 3.63) is 0 Å². The fourth-order valence-electron chi connectivity index (χ4n) is 0.389. The highest BCUT2D eigenvalue weighted by atomic mass is 35.5. The normalized spacial score (nSPS) is 13.4. The molecule has 8 heavy (non-hydrogen) atoms. The van der Waals surface area contributed by atoms with E-state index >= 15 is 0 Å². The van der Waals surface area contributed by atoms with Gasteiger partial charge in [0.2, 0.25) is 0 Å². The molecule has 0 radical (unpaired) electrons. The summed E-state index contributed by atoms with van der Waals surface area (Å²) in [4.78, 5) is 10.5. The molecule has 1 atom stereocenters. The summed E-state index contributed by atoms with van der Waals surface area (Å²) in [6.45, 7) is 1.52. The Balaban J connectivity index is 3.52. The molecule has 0 aliphatic heterocycles. The predicted octanol–water partition coefficient (Wildman–Crippen LogP) is 0.402. The number of nitrogens with one attached hydrogen (secondary N) is 1. The first-order valence-electron chi connectivity index (χ1n) is 2.46. The van der Waals surface area contributed by atoms with Crippen molar-refractivity contribution in [3.8, 4) is 0 Å². The van der Waals surface area contributed by atoms with Crippen LogP contribution in [0.2, 0.25) is 0 Å². The summed E-state index contributed by atoms with van der Waals surface area (Å²) in [6, 6.07) is -0.170. The van der Waals surface area contributed by atoms with E-state index in [9.17, 15) is 4.79 Å². The van der Waals surface area contributed by atoms with Gasteiger partial charge in [0.15, 0.2) is 0 Å². The second-order valence-electron chi connectivity index (χ2n) is 1.61. The number of carbonyl (C=O) groups is 1. The van der Waals surface area contributed by atoms with Crippen LogP contribution in [0, 0.1) is 0 Å². The largest absolute Gasteiger partial charge is 0.310 e. The minimum absolute atomic E-state index is 0.0856. The molecule has 0 heterocycles. The van der Waals surface area contributed by atoms with Gasteiger partial charge in [-0.25, -0.2) is 0 Å². The highest BCUT2D eigenvalue weighted by Crippen LogP contribution is 1.87. The van der Waals surface area contributed by atoms with Gasteiger partial charge in [-0.15, -0.1) is 11.6 Å². The second kappa shape index (κ2) is 3.87. The molecule has 0 spiro atoms. The van der Waals surface area contributed by atoms with Crippen LogP contribution < -0.4 is 5.32 Å². The molecule has 2 nitrogen and oxygen atoms in total. The Morgan fingerprint density at radius 1 is 1.88 bits per heavy atom. The molecule has 0 aromatic carbocycles. The molecule has 0 rings (SSSR count). The molecule has 3 heteroatoms. The van der Waals surface area contributed by atoms with E-state index in [-0.39, 0.29) is 11.8 Å². The van der Waals surface area contributed by atoms with Crippen LogP contribution in [-0.2, 0) is 4.79 Å². The molecule has 0 aliphatic rings. The van der Waals surface area contributed by atoms with Gasteiger partial charge in [0.1, 0.15) is 5.78 Å². The minimum Gasteiger partial charge on any atom is -0.310 e. The third kappa shape index (κ3) is 2.28. The first kappa shape index (κ1) is 7.92. The molecule has 0 aromatic rings. The van der Waals surface area contributed by atoms with Gasteiger partial charge >= 0.3 is 0 Å². The molecule has 1 N–H and O–H groups in total. The van der Waals surface area contributed by atoms with Crippen molar-refractivity contribution < 1.29 is 4.79 Å². The van der Waals surface area contributed by atoms with Gasteiger partial charge in [-0.3, -0.25) is 4.79 Å². The molecule has 0 aromatic heterocycles. The van der Waals surface area contributed by atoms with Crippen molar-refractivity contribution in [3.63, 3.8) is 0 Å². The lowest BCUT2D eigenvalue weighted by molar-refractivity contribution is -0.118. The number of halogens is 1. The summed E-state index contributed by atoms with van der Waals surface area (Å²) in [5.74, 6) is 0.439. The number of carbonyl (C=O) groups excluding carboxylic acids is 1. The number of ketones is 1. The molecular formula is C5H10ClNO. The van der Waals surface area contributed by atoms with Crippen LogP contribution >= 0.6 is 11.6 Å². The Bertz CT molecular complexity index is 80.5. The Morgan fingerprint density at radius 2 is 2.38 bits per heavy atom. The summed E-state index contributed by atoms with van der Waals surface area (Å²) < 4.78 is 0. The number of Topliss-reactive ketones (excluding diaryl/α,β-unsaturated/α-hetero) is 1. The molecule has 0 saturated carbocycles. The van der Waals surface area contributed by atoms with E-state index in [1.807, 2.05) is 0 Å². The molecule has 48 valence electrons. The number of alkyl halides is 1. The summed E-state index contributed by atoms with van der Waals surface area (Å²) in [5.41, 5.74) is 0. The first-order valence-corrected chi connectivity index (χ1v) is 2.99. The smallest absolute Gasteiger partial charge is 0.147 e. The van der Waals surface area contributed by atoms with Crippen molar-refractivity contribution >= 4 is 17.4 Å². The molecular weight excluding hydrogens is 126 g/mol. The van der Waals surface area contributed by atoms with Crippen LogP contribution in [0.3, 0.4) is 0 Å². The summed E-state index contributed by atoms with van der Waals surface area (Å²) >= 11 is 5.38. The molecule has 0 fully saturated rings. The van der Waals surface area contributed by atoms with E-state index < -0.39 is 0 Å². The first-order chi connectivity index (χ1) is 3.72. The van der Waals surface area contributed by atoms with Gasteiger partial charge in [-0.1, -0.05) is 0 Å². The standard InChI is InChI=1S/C5H10ClNO/c1-4(8)5(3-6)7-2/h5,7H,3H2,1-2H3. The van der Waals surface area contributed by atoms with Crippen molar-refractivity contribution in [2.75, 3.05) is 12.9 Å². The van der Waals surface area contributed by atoms with Crippen LogP contribution in [0.25, 0.3) is 0 Å². The topological polar surface area (TPSA) is 29.1 Å². The Labute approximate surface area is 54.2 Å². The zero-order chi connectivity index (χ0) is 6.57.